The predicted octanol–water partition coefficient (Wildman–Crippen LogP) is 0.877. The summed E-state index contributed by atoms with van der Waals surface area (Å²) in [7, 11) is 0. The van der Waals surface area contributed by atoms with Crippen molar-refractivity contribution < 1.29 is 14.7 Å². The van der Waals surface area contributed by atoms with Gasteiger partial charge in [0.15, 0.2) is 5.65 Å². The number of fused-ring (bicyclic) bond motifs is 1. The summed E-state index contributed by atoms with van der Waals surface area (Å²) in [6.45, 7) is 5.26. The molecule has 2 N–H and O–H groups in total. The number of nitrogens with one attached hydrogen (secondary N) is 1. The highest BCUT2D eigenvalue weighted by atomic mass is 16.4. The normalized spacial score (nSPS) is 12.6. The second kappa shape index (κ2) is 5.28. The van der Waals surface area contributed by atoms with E-state index >= 15 is 0 Å². The first-order valence-corrected chi connectivity index (χ1v) is 6.25. The lowest BCUT2D eigenvalue weighted by atomic mass is 10.0. The fourth-order valence-electron chi connectivity index (χ4n) is 1.88. The van der Waals surface area contributed by atoms with Crippen molar-refractivity contribution in [3.8, 4) is 0 Å². The number of nitrogens with zero attached hydrogens (tertiary/aromatic N) is 3. The number of hydrogen-bond donors (Lipinski definition) is 2. The number of aryl methyl sites for hydroxylation is 1. The number of carbonyl (C=O) groups excluding carboxylic acids is 1. The molecule has 0 aromatic carbocycles. The van der Waals surface area contributed by atoms with Crippen LogP contribution >= 0.6 is 0 Å². The van der Waals surface area contributed by atoms with Crippen molar-refractivity contribution in [2.45, 2.75) is 26.8 Å². The zero-order valence-electron chi connectivity index (χ0n) is 11.5. The van der Waals surface area contributed by atoms with Crippen molar-refractivity contribution in [3.63, 3.8) is 0 Å². The van der Waals surface area contributed by atoms with Crippen molar-refractivity contribution in [1.29, 1.82) is 0 Å². The predicted molar refractivity (Wildman–Crippen MR) is 71.5 cm³/mol. The Kier molecular flexibility index (Phi) is 3.69. The Morgan fingerprint density at radius 3 is 2.60 bits per heavy atom. The third kappa shape index (κ3) is 2.61. The van der Waals surface area contributed by atoms with Crippen molar-refractivity contribution in [3.05, 3.63) is 29.7 Å². The van der Waals surface area contributed by atoms with E-state index in [1.54, 1.807) is 43.5 Å². The molecule has 0 aliphatic rings. The second-order valence-electron chi connectivity index (χ2n) is 4.93. The highest BCUT2D eigenvalue weighted by molar-refractivity contribution is 5.96. The Morgan fingerprint density at radius 2 is 2.00 bits per heavy atom. The van der Waals surface area contributed by atoms with Gasteiger partial charge >= 0.3 is 5.97 Å². The molecule has 20 heavy (non-hydrogen) atoms. The molecule has 7 heteroatoms. The fourth-order valence-corrected chi connectivity index (χ4v) is 1.88. The second-order valence-corrected chi connectivity index (χ2v) is 4.93. The molecular weight excluding hydrogens is 260 g/mol. The molecule has 1 atom stereocenters. The molecular formula is C13H16N4O3. The maximum atomic E-state index is 12.1. The van der Waals surface area contributed by atoms with Crippen LogP contribution in [-0.4, -0.2) is 37.6 Å². The number of carboxylic acid groups (broad SMARTS) is 1. The van der Waals surface area contributed by atoms with Gasteiger partial charge in [-0.15, -0.1) is 10.2 Å². The van der Waals surface area contributed by atoms with E-state index in [0.29, 0.717) is 17.0 Å². The molecule has 2 rings (SSSR count). The summed E-state index contributed by atoms with van der Waals surface area (Å²) in [6, 6.07) is 2.35. The molecule has 1 amide bonds. The minimum absolute atomic E-state index is 0.197. The van der Waals surface area contributed by atoms with Crippen molar-refractivity contribution >= 4 is 17.5 Å². The molecule has 0 spiro atoms. The van der Waals surface area contributed by atoms with Crippen LogP contribution in [0.15, 0.2) is 18.3 Å². The molecule has 0 saturated heterocycles. The number of carbonyl (C=O) groups is 2. The maximum absolute atomic E-state index is 12.1. The van der Waals surface area contributed by atoms with Crippen LogP contribution in [0.3, 0.4) is 0 Å². The van der Waals surface area contributed by atoms with E-state index in [0.717, 1.165) is 0 Å². The number of aliphatic carboxylic acids is 1. The van der Waals surface area contributed by atoms with Gasteiger partial charge in [0, 0.05) is 6.20 Å². The molecule has 7 nitrogen and oxygen atoms in total. The van der Waals surface area contributed by atoms with E-state index in [1.807, 2.05) is 0 Å². The van der Waals surface area contributed by atoms with Crippen LogP contribution in [0.1, 0.15) is 30.0 Å². The van der Waals surface area contributed by atoms with Crippen LogP contribution in [0.2, 0.25) is 0 Å². The molecule has 0 saturated carbocycles. The zero-order chi connectivity index (χ0) is 14.9. The molecule has 2 aromatic heterocycles. The van der Waals surface area contributed by atoms with E-state index < -0.39 is 17.9 Å². The molecule has 0 bridgehead atoms. The quantitative estimate of drug-likeness (QED) is 0.864. The number of amides is 1. The SMILES string of the molecule is Cc1nnc2ccc(C(=O)N[C@@H](C(=O)O)C(C)C)cn12. The lowest BCUT2D eigenvalue weighted by Crippen LogP contribution is -2.44. The van der Waals surface area contributed by atoms with Crippen molar-refractivity contribution in [1.82, 2.24) is 19.9 Å². The van der Waals surface area contributed by atoms with Gasteiger partial charge in [0.2, 0.25) is 0 Å². The monoisotopic (exact) mass is 276 g/mol. The summed E-state index contributed by atoms with van der Waals surface area (Å²) in [6.07, 6.45) is 1.60. The third-order valence-corrected chi connectivity index (χ3v) is 3.05. The third-order valence-electron chi connectivity index (χ3n) is 3.05. The van der Waals surface area contributed by atoms with Gasteiger partial charge in [-0.05, 0) is 25.0 Å². The van der Waals surface area contributed by atoms with Crippen LogP contribution in [0.5, 0.6) is 0 Å². The summed E-state index contributed by atoms with van der Waals surface area (Å²) in [5, 5.41) is 19.4. The van der Waals surface area contributed by atoms with Crippen molar-refractivity contribution in [2.24, 2.45) is 5.92 Å². The van der Waals surface area contributed by atoms with Crippen LogP contribution in [0, 0.1) is 12.8 Å². The Morgan fingerprint density at radius 1 is 1.30 bits per heavy atom. The van der Waals surface area contributed by atoms with Crippen LogP contribution in [-0.2, 0) is 4.79 Å². The van der Waals surface area contributed by atoms with Crippen LogP contribution in [0.4, 0.5) is 0 Å². The Bertz CT molecular complexity index is 663. The maximum Gasteiger partial charge on any atom is 0.326 e. The van der Waals surface area contributed by atoms with Gasteiger partial charge < -0.3 is 10.4 Å². The number of aromatic nitrogens is 3. The summed E-state index contributed by atoms with van der Waals surface area (Å²) >= 11 is 0. The average molecular weight is 276 g/mol. The standard InChI is InChI=1S/C13H16N4O3/c1-7(2)11(13(19)20)14-12(18)9-4-5-10-16-15-8(3)17(10)6-9/h4-7,11H,1-3H3,(H,14,18)(H,19,20)/t11-/m1/s1. The molecule has 0 fully saturated rings. The van der Waals surface area contributed by atoms with E-state index in [1.165, 1.54) is 0 Å². The van der Waals surface area contributed by atoms with Gasteiger partial charge in [0.25, 0.3) is 5.91 Å². The fraction of sp³-hybridized carbons (Fsp3) is 0.385. The lowest BCUT2D eigenvalue weighted by Gasteiger charge is -2.17. The van der Waals surface area contributed by atoms with Gasteiger partial charge in [0.05, 0.1) is 5.56 Å². The number of pyridine rings is 1. The van der Waals surface area contributed by atoms with Crippen molar-refractivity contribution in [2.75, 3.05) is 0 Å². The first-order chi connectivity index (χ1) is 9.40. The molecule has 0 unspecified atom stereocenters. The molecule has 0 radical (unpaired) electrons. The summed E-state index contributed by atoms with van der Waals surface area (Å²) in [5.41, 5.74) is 1.00. The summed E-state index contributed by atoms with van der Waals surface area (Å²) < 4.78 is 1.68. The Balaban J connectivity index is 2.26. The highest BCUT2D eigenvalue weighted by Crippen LogP contribution is 2.08. The minimum Gasteiger partial charge on any atom is -0.480 e. The van der Waals surface area contributed by atoms with Gasteiger partial charge in [-0.1, -0.05) is 13.8 Å². The molecule has 106 valence electrons. The van der Waals surface area contributed by atoms with Gasteiger partial charge in [-0.25, -0.2) is 4.79 Å². The molecule has 0 aliphatic carbocycles. The number of rotatable bonds is 4. The first kappa shape index (κ1) is 14.0. The van der Waals surface area contributed by atoms with Gasteiger partial charge in [-0.3, -0.25) is 9.20 Å². The smallest absolute Gasteiger partial charge is 0.326 e. The minimum atomic E-state index is -1.05. The Labute approximate surface area is 115 Å². The molecule has 0 aliphatic heterocycles. The van der Waals surface area contributed by atoms with Crippen LogP contribution < -0.4 is 5.32 Å². The highest BCUT2D eigenvalue weighted by Gasteiger charge is 2.24. The Hall–Kier alpha value is -2.44. The summed E-state index contributed by atoms with van der Waals surface area (Å²) in [5.74, 6) is -1.01. The topological polar surface area (TPSA) is 96.6 Å². The van der Waals surface area contributed by atoms with E-state index in [9.17, 15) is 9.59 Å². The van der Waals surface area contributed by atoms with E-state index in [4.69, 9.17) is 5.11 Å². The van der Waals surface area contributed by atoms with Crippen LogP contribution in [0.25, 0.3) is 5.65 Å². The van der Waals surface area contributed by atoms with Gasteiger partial charge in [0.1, 0.15) is 11.9 Å². The van der Waals surface area contributed by atoms with E-state index in [2.05, 4.69) is 15.5 Å². The number of carboxylic acids is 1. The number of hydrogen-bond acceptors (Lipinski definition) is 4. The molecule has 2 aromatic rings. The zero-order valence-corrected chi connectivity index (χ0v) is 11.5. The van der Waals surface area contributed by atoms with E-state index in [-0.39, 0.29) is 5.92 Å². The van der Waals surface area contributed by atoms with Gasteiger partial charge in [-0.2, -0.15) is 0 Å². The lowest BCUT2D eigenvalue weighted by molar-refractivity contribution is -0.140. The average Bonchev–Trinajstić information content (AvgIpc) is 2.76. The first-order valence-electron chi connectivity index (χ1n) is 6.25. The largest absolute Gasteiger partial charge is 0.480 e. The summed E-state index contributed by atoms with van der Waals surface area (Å²) in [4.78, 5) is 23.2. The molecule has 2 heterocycles.